The van der Waals surface area contributed by atoms with Crippen LogP contribution in [0.5, 0.6) is 0 Å². The predicted molar refractivity (Wildman–Crippen MR) is 71.8 cm³/mol. The first-order valence-electron chi connectivity index (χ1n) is 5.04. The summed E-state index contributed by atoms with van der Waals surface area (Å²) in [5.74, 6) is 0. The van der Waals surface area contributed by atoms with E-state index < -0.39 is 0 Å². The smallest absolute Gasteiger partial charge is 0.140 e. The number of pyridine rings is 2. The van der Waals surface area contributed by atoms with Crippen molar-refractivity contribution in [2.75, 3.05) is 19.0 Å². The Morgan fingerprint density at radius 1 is 1.12 bits per heavy atom. The Morgan fingerprint density at radius 3 is 2.53 bits per heavy atom. The molecule has 0 N–H and O–H groups in total. The van der Waals surface area contributed by atoms with E-state index in [4.69, 9.17) is 23.2 Å². The van der Waals surface area contributed by atoms with E-state index in [1.165, 1.54) is 0 Å². The van der Waals surface area contributed by atoms with Crippen LogP contribution >= 0.6 is 23.2 Å². The second-order valence-corrected chi connectivity index (χ2v) is 4.51. The van der Waals surface area contributed by atoms with Gasteiger partial charge in [0.25, 0.3) is 0 Å². The van der Waals surface area contributed by atoms with E-state index >= 15 is 0 Å². The molecule has 0 fully saturated rings. The van der Waals surface area contributed by atoms with E-state index in [1.54, 1.807) is 12.3 Å². The third-order valence-electron chi connectivity index (χ3n) is 2.35. The summed E-state index contributed by atoms with van der Waals surface area (Å²) in [6.45, 7) is 0. The van der Waals surface area contributed by atoms with Gasteiger partial charge in [0.1, 0.15) is 10.3 Å². The van der Waals surface area contributed by atoms with Crippen LogP contribution in [0.25, 0.3) is 11.3 Å². The van der Waals surface area contributed by atoms with Crippen LogP contribution in [0.15, 0.2) is 30.5 Å². The van der Waals surface area contributed by atoms with Gasteiger partial charge in [0.05, 0.1) is 5.69 Å². The summed E-state index contributed by atoms with van der Waals surface area (Å²) in [6.07, 6.45) is 1.75. The highest BCUT2D eigenvalue weighted by atomic mass is 35.5. The molecule has 2 heterocycles. The monoisotopic (exact) mass is 267 g/mol. The number of aromatic nitrogens is 2. The van der Waals surface area contributed by atoms with Gasteiger partial charge in [-0.25, -0.2) is 4.98 Å². The molecule has 0 aliphatic carbocycles. The Bertz CT molecular complexity index is 541. The fourth-order valence-electron chi connectivity index (χ4n) is 1.45. The molecule has 2 rings (SSSR count). The number of anilines is 1. The third kappa shape index (κ3) is 2.68. The number of nitrogens with zero attached hydrogens (tertiary/aromatic N) is 3. The van der Waals surface area contributed by atoms with Crippen LogP contribution in [0, 0.1) is 0 Å². The molecule has 0 aliphatic rings. The minimum absolute atomic E-state index is 0.362. The van der Waals surface area contributed by atoms with Gasteiger partial charge in [-0.15, -0.1) is 0 Å². The van der Waals surface area contributed by atoms with E-state index in [1.807, 2.05) is 37.2 Å². The molecule has 3 nitrogen and oxygen atoms in total. The van der Waals surface area contributed by atoms with Crippen molar-refractivity contribution in [3.63, 3.8) is 0 Å². The molecule has 0 saturated carbocycles. The molecule has 0 radical (unpaired) electrons. The lowest BCUT2D eigenvalue weighted by Gasteiger charge is -2.13. The van der Waals surface area contributed by atoms with Crippen molar-refractivity contribution in [2.24, 2.45) is 0 Å². The molecule has 0 spiro atoms. The van der Waals surface area contributed by atoms with Crippen molar-refractivity contribution in [1.82, 2.24) is 9.97 Å². The summed E-state index contributed by atoms with van der Waals surface area (Å²) in [7, 11) is 3.95. The van der Waals surface area contributed by atoms with E-state index in [-0.39, 0.29) is 0 Å². The highest BCUT2D eigenvalue weighted by molar-refractivity contribution is 6.34. The molecule has 0 atom stereocenters. The summed E-state index contributed by atoms with van der Waals surface area (Å²) in [4.78, 5) is 10.3. The first kappa shape index (κ1) is 12.1. The van der Waals surface area contributed by atoms with E-state index in [2.05, 4.69) is 9.97 Å². The Kier molecular flexibility index (Phi) is 3.50. The normalized spacial score (nSPS) is 10.4. The van der Waals surface area contributed by atoms with Crippen LogP contribution in [-0.4, -0.2) is 24.1 Å². The van der Waals surface area contributed by atoms with E-state index in [0.29, 0.717) is 10.3 Å². The maximum Gasteiger partial charge on any atom is 0.140 e. The number of hydrogen-bond donors (Lipinski definition) is 0. The van der Waals surface area contributed by atoms with Crippen LogP contribution in [0.4, 0.5) is 5.69 Å². The van der Waals surface area contributed by atoms with Gasteiger partial charge < -0.3 is 4.90 Å². The van der Waals surface area contributed by atoms with Crippen LogP contribution in [0.2, 0.25) is 10.3 Å². The van der Waals surface area contributed by atoms with Gasteiger partial charge in [-0.1, -0.05) is 23.2 Å². The Hall–Kier alpha value is -1.32. The van der Waals surface area contributed by atoms with E-state index in [9.17, 15) is 0 Å². The molecule has 2 aromatic heterocycles. The molecule has 0 amide bonds. The number of halogens is 2. The topological polar surface area (TPSA) is 29.0 Å². The zero-order valence-electron chi connectivity index (χ0n) is 9.48. The van der Waals surface area contributed by atoms with Crippen LogP contribution in [0.3, 0.4) is 0 Å². The lowest BCUT2D eigenvalue weighted by atomic mass is 10.2. The van der Waals surface area contributed by atoms with Crippen molar-refractivity contribution in [3.05, 3.63) is 40.8 Å². The molecular weight excluding hydrogens is 257 g/mol. The fourth-order valence-corrected chi connectivity index (χ4v) is 1.89. The molecule has 0 saturated heterocycles. The van der Waals surface area contributed by atoms with E-state index in [0.717, 1.165) is 16.9 Å². The maximum absolute atomic E-state index is 6.05. The lowest BCUT2D eigenvalue weighted by molar-refractivity contribution is 1.12. The zero-order chi connectivity index (χ0) is 12.4. The molecular formula is C12H11Cl2N3. The summed E-state index contributed by atoms with van der Waals surface area (Å²) < 4.78 is 0. The predicted octanol–water partition coefficient (Wildman–Crippen LogP) is 3.52. The van der Waals surface area contributed by atoms with Crippen molar-refractivity contribution < 1.29 is 0 Å². The van der Waals surface area contributed by atoms with Gasteiger partial charge in [-0.3, -0.25) is 4.98 Å². The number of hydrogen-bond acceptors (Lipinski definition) is 3. The summed E-state index contributed by atoms with van der Waals surface area (Å²) in [6, 6.07) is 7.41. The lowest BCUT2D eigenvalue weighted by Crippen LogP contribution is -2.08. The first-order valence-corrected chi connectivity index (χ1v) is 5.79. The zero-order valence-corrected chi connectivity index (χ0v) is 11.0. The molecule has 88 valence electrons. The highest BCUT2D eigenvalue weighted by Gasteiger charge is 2.08. The van der Waals surface area contributed by atoms with Crippen molar-refractivity contribution in [2.45, 2.75) is 0 Å². The summed E-state index contributed by atoms with van der Waals surface area (Å²) >= 11 is 11.8. The standard InChI is InChI=1S/C12H11Cl2N3/c1-17(2)8-5-6-15-10(7-8)9-3-4-11(13)16-12(9)14/h3-7H,1-2H3. The third-order valence-corrected chi connectivity index (χ3v) is 2.85. The van der Waals surface area contributed by atoms with Gasteiger partial charge in [-0.2, -0.15) is 0 Å². The van der Waals surface area contributed by atoms with Gasteiger partial charge in [0.15, 0.2) is 0 Å². The van der Waals surface area contributed by atoms with Gasteiger partial charge in [0.2, 0.25) is 0 Å². The van der Waals surface area contributed by atoms with Crippen LogP contribution in [-0.2, 0) is 0 Å². The van der Waals surface area contributed by atoms with Crippen LogP contribution < -0.4 is 4.90 Å². The fraction of sp³-hybridized carbons (Fsp3) is 0.167. The van der Waals surface area contributed by atoms with Gasteiger partial charge in [0, 0.05) is 31.5 Å². The Morgan fingerprint density at radius 2 is 1.88 bits per heavy atom. The Balaban J connectivity index is 2.49. The SMILES string of the molecule is CN(C)c1ccnc(-c2ccc(Cl)nc2Cl)c1. The van der Waals surface area contributed by atoms with Gasteiger partial charge >= 0.3 is 0 Å². The number of rotatable bonds is 2. The molecule has 0 unspecified atom stereocenters. The molecule has 2 aromatic rings. The average molecular weight is 268 g/mol. The average Bonchev–Trinajstić information content (AvgIpc) is 2.29. The summed E-state index contributed by atoms with van der Waals surface area (Å²) in [5, 5.41) is 0.739. The van der Waals surface area contributed by atoms with Crippen molar-refractivity contribution >= 4 is 28.9 Å². The minimum Gasteiger partial charge on any atom is -0.378 e. The quantitative estimate of drug-likeness (QED) is 0.780. The van der Waals surface area contributed by atoms with Crippen molar-refractivity contribution in [3.8, 4) is 11.3 Å². The molecule has 5 heteroatoms. The first-order chi connectivity index (χ1) is 8.08. The molecule has 0 aliphatic heterocycles. The molecule has 0 bridgehead atoms. The largest absolute Gasteiger partial charge is 0.378 e. The van der Waals surface area contributed by atoms with Crippen LogP contribution in [0.1, 0.15) is 0 Å². The minimum atomic E-state index is 0.362. The second kappa shape index (κ2) is 4.90. The highest BCUT2D eigenvalue weighted by Crippen LogP contribution is 2.28. The molecule has 17 heavy (non-hydrogen) atoms. The second-order valence-electron chi connectivity index (χ2n) is 3.77. The van der Waals surface area contributed by atoms with Crippen molar-refractivity contribution in [1.29, 1.82) is 0 Å². The maximum atomic E-state index is 6.05. The Labute approximate surface area is 110 Å². The summed E-state index contributed by atoms with van der Waals surface area (Å²) in [5.41, 5.74) is 2.62. The molecule has 0 aromatic carbocycles. The van der Waals surface area contributed by atoms with Gasteiger partial charge in [-0.05, 0) is 24.3 Å².